The fraction of sp³-hybridized carbons (Fsp3) is 0.320. The molecule has 168 valence electrons. The van der Waals surface area contributed by atoms with Crippen molar-refractivity contribution in [2.75, 3.05) is 27.2 Å². The zero-order valence-corrected chi connectivity index (χ0v) is 20.9. The SMILES string of the molecule is CON(C)C(=O)c1sc(-c2ccc(Cl)cc2)c(C)c1-c1ccc(SN2CCCCC2)cc1. The van der Waals surface area contributed by atoms with E-state index >= 15 is 0 Å². The maximum Gasteiger partial charge on any atom is 0.287 e. The molecule has 1 amide bonds. The number of thiophene rings is 1. The van der Waals surface area contributed by atoms with Crippen molar-refractivity contribution in [3.8, 4) is 21.6 Å². The molecule has 0 radical (unpaired) electrons. The number of halogens is 1. The Kier molecular flexibility index (Phi) is 7.59. The van der Waals surface area contributed by atoms with Crippen molar-refractivity contribution in [2.45, 2.75) is 31.1 Å². The van der Waals surface area contributed by atoms with E-state index in [1.54, 1.807) is 7.05 Å². The normalized spacial score (nSPS) is 14.5. The third-order valence-electron chi connectivity index (χ3n) is 5.70. The molecule has 7 heteroatoms. The molecular weight excluding hydrogens is 460 g/mol. The summed E-state index contributed by atoms with van der Waals surface area (Å²) in [4.78, 5) is 21.3. The minimum atomic E-state index is -0.150. The summed E-state index contributed by atoms with van der Waals surface area (Å²) in [5, 5.41) is 1.97. The Morgan fingerprint density at radius 1 is 1.03 bits per heavy atom. The molecular formula is C25H27ClN2O2S2. The monoisotopic (exact) mass is 486 g/mol. The van der Waals surface area contributed by atoms with Gasteiger partial charge in [-0.15, -0.1) is 11.3 Å². The predicted octanol–water partition coefficient (Wildman–Crippen LogP) is 7.17. The molecule has 4 rings (SSSR count). The summed E-state index contributed by atoms with van der Waals surface area (Å²) in [6.45, 7) is 4.36. The van der Waals surface area contributed by atoms with E-state index in [0.717, 1.165) is 40.2 Å². The van der Waals surface area contributed by atoms with Gasteiger partial charge in [0.15, 0.2) is 0 Å². The molecule has 3 aromatic rings. The van der Waals surface area contributed by atoms with E-state index in [1.165, 1.54) is 47.7 Å². The van der Waals surface area contributed by atoms with Gasteiger partial charge < -0.3 is 0 Å². The Hall–Kier alpha value is -1.83. The molecule has 0 spiro atoms. The van der Waals surface area contributed by atoms with Gasteiger partial charge in [-0.05, 0) is 72.7 Å². The van der Waals surface area contributed by atoms with Gasteiger partial charge in [-0.1, -0.05) is 42.3 Å². The highest BCUT2D eigenvalue weighted by atomic mass is 35.5. The standard InChI is InChI=1S/C25H27ClN2O2S2/c1-17-22(18-9-13-21(14-10-18)32-28-15-5-4-6-16-28)24(25(29)27(2)30-3)31-23(17)19-7-11-20(26)12-8-19/h7-14H,4-6,15-16H2,1-3H3. The van der Waals surface area contributed by atoms with Crippen LogP contribution < -0.4 is 0 Å². The number of rotatable bonds is 6. The van der Waals surface area contributed by atoms with Crippen LogP contribution in [0.2, 0.25) is 5.02 Å². The number of carbonyl (C=O) groups excluding carboxylic acids is 1. The fourth-order valence-corrected chi connectivity index (χ4v) is 6.33. The first-order chi connectivity index (χ1) is 15.5. The Morgan fingerprint density at radius 2 is 1.66 bits per heavy atom. The largest absolute Gasteiger partial charge is 0.287 e. The molecule has 0 bridgehead atoms. The summed E-state index contributed by atoms with van der Waals surface area (Å²) < 4.78 is 2.44. The first-order valence-corrected chi connectivity index (χ1v) is 12.7. The second kappa shape index (κ2) is 10.4. The number of hydroxylamine groups is 2. The molecule has 1 fully saturated rings. The molecule has 1 aliphatic heterocycles. The lowest BCUT2D eigenvalue weighted by Gasteiger charge is -2.25. The van der Waals surface area contributed by atoms with Crippen LogP contribution in [0.1, 0.15) is 34.5 Å². The number of amides is 1. The lowest BCUT2D eigenvalue weighted by Crippen LogP contribution is -2.25. The van der Waals surface area contributed by atoms with E-state index in [0.29, 0.717) is 9.90 Å². The third kappa shape index (κ3) is 5.05. The molecule has 0 aliphatic carbocycles. The van der Waals surface area contributed by atoms with E-state index in [1.807, 2.05) is 36.2 Å². The highest BCUT2D eigenvalue weighted by Crippen LogP contribution is 2.43. The molecule has 32 heavy (non-hydrogen) atoms. The van der Waals surface area contributed by atoms with Gasteiger partial charge in [0.1, 0.15) is 4.88 Å². The van der Waals surface area contributed by atoms with Crippen molar-refractivity contribution in [1.82, 2.24) is 9.37 Å². The maximum absolute atomic E-state index is 13.1. The molecule has 4 nitrogen and oxygen atoms in total. The first kappa shape index (κ1) is 23.3. The van der Waals surface area contributed by atoms with Crippen LogP contribution in [0.3, 0.4) is 0 Å². The summed E-state index contributed by atoms with van der Waals surface area (Å²) in [5.74, 6) is -0.150. The minimum Gasteiger partial charge on any atom is -0.274 e. The maximum atomic E-state index is 13.1. The lowest BCUT2D eigenvalue weighted by molar-refractivity contribution is -0.0753. The summed E-state index contributed by atoms with van der Waals surface area (Å²) in [6, 6.07) is 16.3. The van der Waals surface area contributed by atoms with E-state index in [-0.39, 0.29) is 5.91 Å². The van der Waals surface area contributed by atoms with Crippen LogP contribution in [-0.2, 0) is 4.84 Å². The van der Waals surface area contributed by atoms with E-state index < -0.39 is 0 Å². The van der Waals surface area contributed by atoms with Gasteiger partial charge in [0.2, 0.25) is 0 Å². The molecule has 0 saturated carbocycles. The third-order valence-corrected chi connectivity index (χ3v) is 8.39. The summed E-state index contributed by atoms with van der Waals surface area (Å²) in [5.41, 5.74) is 4.13. The van der Waals surface area contributed by atoms with Gasteiger partial charge in [-0.3, -0.25) is 9.63 Å². The first-order valence-electron chi connectivity index (χ1n) is 10.7. The van der Waals surface area contributed by atoms with Crippen molar-refractivity contribution in [3.63, 3.8) is 0 Å². The fourth-order valence-electron chi connectivity index (χ4n) is 3.90. The van der Waals surface area contributed by atoms with Crippen molar-refractivity contribution in [1.29, 1.82) is 0 Å². The molecule has 0 unspecified atom stereocenters. The summed E-state index contributed by atoms with van der Waals surface area (Å²) in [7, 11) is 3.15. The minimum absolute atomic E-state index is 0.150. The highest BCUT2D eigenvalue weighted by Gasteiger charge is 2.25. The van der Waals surface area contributed by atoms with E-state index in [9.17, 15) is 4.79 Å². The zero-order valence-electron chi connectivity index (χ0n) is 18.6. The van der Waals surface area contributed by atoms with Crippen LogP contribution >= 0.6 is 34.9 Å². The second-order valence-electron chi connectivity index (χ2n) is 7.86. The van der Waals surface area contributed by atoms with Crippen LogP contribution in [-0.4, -0.2) is 42.5 Å². The van der Waals surface area contributed by atoms with Gasteiger partial charge in [0, 0.05) is 40.5 Å². The quantitative estimate of drug-likeness (QED) is 0.273. The predicted molar refractivity (Wildman–Crippen MR) is 135 cm³/mol. The summed E-state index contributed by atoms with van der Waals surface area (Å²) >= 11 is 9.41. The highest BCUT2D eigenvalue weighted by molar-refractivity contribution is 7.97. The molecule has 1 saturated heterocycles. The summed E-state index contributed by atoms with van der Waals surface area (Å²) in [6.07, 6.45) is 3.87. The molecule has 1 aliphatic rings. The second-order valence-corrected chi connectivity index (χ2v) is 10.5. The average Bonchev–Trinajstić information content (AvgIpc) is 3.16. The molecule has 2 aromatic carbocycles. The topological polar surface area (TPSA) is 32.8 Å². The zero-order chi connectivity index (χ0) is 22.7. The van der Waals surface area contributed by atoms with Crippen LogP contribution in [0.25, 0.3) is 21.6 Å². The van der Waals surface area contributed by atoms with Crippen LogP contribution in [0.4, 0.5) is 0 Å². The van der Waals surface area contributed by atoms with Crippen molar-refractivity contribution < 1.29 is 9.63 Å². The van der Waals surface area contributed by atoms with E-state index in [2.05, 4.69) is 35.5 Å². The van der Waals surface area contributed by atoms with Crippen molar-refractivity contribution in [3.05, 3.63) is 64.0 Å². The lowest BCUT2D eigenvalue weighted by atomic mass is 9.99. The molecule has 1 aromatic heterocycles. The number of benzene rings is 2. The Labute approximate surface area is 203 Å². The molecule has 2 heterocycles. The Morgan fingerprint density at radius 3 is 2.28 bits per heavy atom. The molecule has 0 atom stereocenters. The van der Waals surface area contributed by atoms with Gasteiger partial charge in [0.05, 0.1) is 7.11 Å². The number of hydrogen-bond donors (Lipinski definition) is 0. The molecule has 0 N–H and O–H groups in total. The van der Waals surface area contributed by atoms with Crippen LogP contribution in [0, 0.1) is 6.92 Å². The van der Waals surface area contributed by atoms with Crippen molar-refractivity contribution in [2.24, 2.45) is 0 Å². The number of carbonyl (C=O) groups is 1. The number of nitrogens with zero attached hydrogens (tertiary/aromatic N) is 2. The van der Waals surface area contributed by atoms with Gasteiger partial charge in [0.25, 0.3) is 5.91 Å². The smallest absolute Gasteiger partial charge is 0.274 e. The van der Waals surface area contributed by atoms with Crippen LogP contribution in [0.5, 0.6) is 0 Å². The van der Waals surface area contributed by atoms with Gasteiger partial charge >= 0.3 is 0 Å². The van der Waals surface area contributed by atoms with Gasteiger partial charge in [-0.2, -0.15) is 0 Å². The van der Waals surface area contributed by atoms with E-state index in [4.69, 9.17) is 16.4 Å². The Balaban J connectivity index is 1.71. The van der Waals surface area contributed by atoms with Crippen molar-refractivity contribution >= 4 is 40.8 Å². The number of hydrogen-bond acceptors (Lipinski definition) is 5. The Bertz CT molecular complexity index is 1070. The average molecular weight is 487 g/mol. The van der Waals surface area contributed by atoms with Crippen LogP contribution in [0.15, 0.2) is 53.4 Å². The number of piperidine rings is 1. The van der Waals surface area contributed by atoms with Gasteiger partial charge in [-0.25, -0.2) is 9.37 Å².